The molecule has 0 atom stereocenters. The van der Waals surface area contributed by atoms with Crippen LogP contribution in [0.15, 0.2) is 24.5 Å². The lowest BCUT2D eigenvalue weighted by Gasteiger charge is -2.25. The van der Waals surface area contributed by atoms with Gasteiger partial charge in [-0.3, -0.25) is 9.78 Å². The van der Waals surface area contributed by atoms with Gasteiger partial charge in [0.15, 0.2) is 11.5 Å². The van der Waals surface area contributed by atoms with Crippen molar-refractivity contribution in [3.05, 3.63) is 30.2 Å². The van der Waals surface area contributed by atoms with Crippen LogP contribution in [0.5, 0.6) is 11.5 Å². The summed E-state index contributed by atoms with van der Waals surface area (Å²) in [6.07, 6.45) is 14.3. The van der Waals surface area contributed by atoms with E-state index in [4.69, 9.17) is 9.47 Å². The predicted octanol–water partition coefficient (Wildman–Crippen LogP) is 5.71. The maximum Gasteiger partial charge on any atom is 0.311 e. The molecule has 0 unspecified atom stereocenters. The highest BCUT2D eigenvalue weighted by Crippen LogP contribution is 2.46. The number of unbranched alkanes of at least 4 members (excludes halogenated alkanes) is 6. The molecule has 5 nitrogen and oxygen atoms in total. The SMILES string of the molecule is CCCCCCCCCC(=O)Oc1c(OC)cc2ccnc3c2c1N(C)C=C3. The van der Waals surface area contributed by atoms with Gasteiger partial charge in [0.2, 0.25) is 0 Å². The highest BCUT2D eigenvalue weighted by molar-refractivity contribution is 6.06. The zero-order chi connectivity index (χ0) is 19.9. The third-order valence-corrected chi connectivity index (χ3v) is 5.20. The molecule has 1 aliphatic heterocycles. The van der Waals surface area contributed by atoms with Crippen molar-refractivity contribution in [2.75, 3.05) is 19.1 Å². The van der Waals surface area contributed by atoms with Crippen LogP contribution in [0.4, 0.5) is 5.69 Å². The van der Waals surface area contributed by atoms with Crippen LogP contribution >= 0.6 is 0 Å². The van der Waals surface area contributed by atoms with E-state index in [0.29, 0.717) is 17.9 Å². The number of aromatic nitrogens is 1. The van der Waals surface area contributed by atoms with E-state index in [1.807, 2.05) is 36.4 Å². The van der Waals surface area contributed by atoms with Gasteiger partial charge in [-0.2, -0.15) is 0 Å². The van der Waals surface area contributed by atoms with E-state index in [9.17, 15) is 4.79 Å². The van der Waals surface area contributed by atoms with E-state index < -0.39 is 0 Å². The first-order valence-electron chi connectivity index (χ1n) is 10.3. The molecule has 0 N–H and O–H groups in total. The normalized spacial score (nSPS) is 12.5. The smallest absolute Gasteiger partial charge is 0.311 e. The fraction of sp³-hybridized carbons (Fsp3) is 0.478. The van der Waals surface area contributed by atoms with Crippen molar-refractivity contribution in [2.45, 2.75) is 58.3 Å². The number of hydrogen-bond donors (Lipinski definition) is 0. The van der Waals surface area contributed by atoms with Crippen molar-refractivity contribution in [2.24, 2.45) is 0 Å². The van der Waals surface area contributed by atoms with E-state index in [-0.39, 0.29) is 5.97 Å². The molecule has 0 radical (unpaired) electrons. The molecular formula is C23H30N2O3. The Labute approximate surface area is 167 Å². The molecular weight excluding hydrogens is 352 g/mol. The summed E-state index contributed by atoms with van der Waals surface area (Å²) in [4.78, 5) is 18.9. The number of carbonyl (C=O) groups excluding carboxylic acids is 1. The van der Waals surface area contributed by atoms with Gasteiger partial charge < -0.3 is 14.4 Å². The molecule has 0 spiro atoms. The summed E-state index contributed by atoms with van der Waals surface area (Å²) in [6.45, 7) is 2.22. The Bertz CT molecular complexity index is 861. The summed E-state index contributed by atoms with van der Waals surface area (Å²) in [7, 11) is 3.54. The standard InChI is InChI=1S/C23H30N2O3/c1-4-5-6-7-8-9-10-11-20(26)28-23-19(27-3)16-17-12-14-24-18-13-15-25(2)22(23)21(17)18/h12-16H,4-11H2,1-3H3. The highest BCUT2D eigenvalue weighted by Gasteiger charge is 2.24. The lowest BCUT2D eigenvalue weighted by Crippen LogP contribution is -2.17. The molecule has 0 bridgehead atoms. The topological polar surface area (TPSA) is 51.7 Å². The number of methoxy groups -OCH3 is 1. The lowest BCUT2D eigenvalue weighted by molar-refractivity contribution is -0.134. The Balaban J connectivity index is 1.72. The average Bonchev–Trinajstić information content (AvgIpc) is 2.70. The first-order chi connectivity index (χ1) is 13.7. The summed E-state index contributed by atoms with van der Waals surface area (Å²) in [5.74, 6) is 0.828. The molecule has 0 aliphatic carbocycles. The third kappa shape index (κ3) is 4.46. The minimum atomic E-state index is -0.212. The van der Waals surface area contributed by atoms with E-state index in [1.165, 1.54) is 32.1 Å². The van der Waals surface area contributed by atoms with Crippen LogP contribution in [0.3, 0.4) is 0 Å². The Hall–Kier alpha value is -2.56. The average molecular weight is 383 g/mol. The Morgan fingerprint density at radius 3 is 2.64 bits per heavy atom. The Morgan fingerprint density at radius 1 is 1.14 bits per heavy atom. The van der Waals surface area contributed by atoms with Gasteiger partial charge in [-0.15, -0.1) is 0 Å². The van der Waals surface area contributed by atoms with E-state index in [0.717, 1.165) is 35.0 Å². The van der Waals surface area contributed by atoms with Gasteiger partial charge in [-0.1, -0.05) is 45.4 Å². The van der Waals surface area contributed by atoms with Crippen LogP contribution < -0.4 is 14.4 Å². The van der Waals surface area contributed by atoms with Gasteiger partial charge in [0.05, 0.1) is 18.5 Å². The second kappa shape index (κ2) is 9.58. The van der Waals surface area contributed by atoms with E-state index >= 15 is 0 Å². The molecule has 1 aromatic heterocycles. The van der Waals surface area contributed by atoms with E-state index in [2.05, 4.69) is 11.9 Å². The Kier molecular flexibility index (Phi) is 6.90. The number of ether oxygens (including phenoxy) is 2. The first-order valence-corrected chi connectivity index (χ1v) is 10.3. The molecule has 0 saturated carbocycles. The minimum absolute atomic E-state index is 0.212. The first kappa shape index (κ1) is 20.2. The molecule has 0 amide bonds. The molecule has 2 heterocycles. The maximum absolute atomic E-state index is 12.5. The van der Waals surface area contributed by atoms with Gasteiger partial charge >= 0.3 is 5.97 Å². The maximum atomic E-state index is 12.5. The van der Waals surface area contributed by atoms with Crippen LogP contribution in [0.1, 0.15) is 64.0 Å². The molecule has 1 aromatic carbocycles. The number of benzene rings is 1. The number of pyridine rings is 1. The molecule has 150 valence electrons. The van der Waals surface area contributed by atoms with E-state index in [1.54, 1.807) is 13.3 Å². The number of carbonyl (C=O) groups is 1. The van der Waals surface area contributed by atoms with Crippen molar-refractivity contribution >= 4 is 28.5 Å². The quantitative estimate of drug-likeness (QED) is 0.299. The molecule has 28 heavy (non-hydrogen) atoms. The summed E-state index contributed by atoms with van der Waals surface area (Å²) < 4.78 is 11.3. The molecule has 5 heteroatoms. The van der Waals surface area contributed by atoms with Gasteiger partial charge in [-0.05, 0) is 30.0 Å². The molecule has 1 aliphatic rings. The second-order valence-corrected chi connectivity index (χ2v) is 7.32. The number of nitrogens with zero attached hydrogens (tertiary/aromatic N) is 2. The van der Waals surface area contributed by atoms with Crippen molar-refractivity contribution < 1.29 is 14.3 Å². The van der Waals surface area contributed by atoms with Crippen LogP contribution in [0, 0.1) is 0 Å². The van der Waals surface area contributed by atoms with Crippen LogP contribution in [0.25, 0.3) is 16.8 Å². The summed E-state index contributed by atoms with van der Waals surface area (Å²) in [5, 5.41) is 1.99. The molecule has 0 fully saturated rings. The summed E-state index contributed by atoms with van der Waals surface area (Å²) in [6, 6.07) is 3.86. The summed E-state index contributed by atoms with van der Waals surface area (Å²) in [5.41, 5.74) is 1.70. The zero-order valence-electron chi connectivity index (χ0n) is 17.2. The fourth-order valence-corrected chi connectivity index (χ4v) is 3.67. The van der Waals surface area contributed by atoms with Gasteiger partial charge in [0, 0.05) is 31.3 Å². The second-order valence-electron chi connectivity index (χ2n) is 7.32. The van der Waals surface area contributed by atoms with Gasteiger partial charge in [0.1, 0.15) is 0 Å². The number of esters is 1. The number of rotatable bonds is 10. The van der Waals surface area contributed by atoms with Crippen LogP contribution in [0.2, 0.25) is 0 Å². The van der Waals surface area contributed by atoms with Crippen molar-refractivity contribution in [3.8, 4) is 11.5 Å². The van der Waals surface area contributed by atoms with Crippen molar-refractivity contribution in [1.82, 2.24) is 4.98 Å². The largest absolute Gasteiger partial charge is 0.493 e. The lowest BCUT2D eigenvalue weighted by atomic mass is 10.0. The van der Waals surface area contributed by atoms with Crippen molar-refractivity contribution in [3.63, 3.8) is 0 Å². The minimum Gasteiger partial charge on any atom is -0.493 e. The molecule has 0 saturated heterocycles. The zero-order valence-corrected chi connectivity index (χ0v) is 17.2. The monoisotopic (exact) mass is 382 g/mol. The predicted molar refractivity (Wildman–Crippen MR) is 114 cm³/mol. The van der Waals surface area contributed by atoms with Crippen LogP contribution in [-0.4, -0.2) is 25.1 Å². The highest BCUT2D eigenvalue weighted by atomic mass is 16.6. The van der Waals surface area contributed by atoms with Crippen molar-refractivity contribution in [1.29, 1.82) is 0 Å². The number of hydrogen-bond acceptors (Lipinski definition) is 5. The van der Waals surface area contributed by atoms with Gasteiger partial charge in [0.25, 0.3) is 0 Å². The number of anilines is 1. The summed E-state index contributed by atoms with van der Waals surface area (Å²) >= 11 is 0. The fourth-order valence-electron chi connectivity index (χ4n) is 3.67. The Morgan fingerprint density at radius 2 is 1.89 bits per heavy atom. The molecule has 3 rings (SSSR count). The third-order valence-electron chi connectivity index (χ3n) is 5.20. The van der Waals surface area contributed by atoms with Gasteiger partial charge in [-0.25, -0.2) is 0 Å². The molecule has 2 aromatic rings. The van der Waals surface area contributed by atoms with Crippen LogP contribution in [-0.2, 0) is 4.79 Å².